The fourth-order valence-electron chi connectivity index (χ4n) is 3.15. The number of carbonyl (C=O) groups is 3. The molecule has 1 atom stereocenters. The Morgan fingerprint density at radius 1 is 1.08 bits per heavy atom. The van der Waals surface area contributed by atoms with Crippen LogP contribution in [-0.2, 0) is 14.4 Å². The zero-order chi connectivity index (χ0) is 18.9. The highest BCUT2D eigenvalue weighted by atomic mass is 35.5. The van der Waals surface area contributed by atoms with Gasteiger partial charge in [0.15, 0.2) is 0 Å². The van der Waals surface area contributed by atoms with Crippen LogP contribution in [-0.4, -0.2) is 30.3 Å². The molecule has 1 fully saturated rings. The average molecular weight is 380 g/mol. The van der Waals surface area contributed by atoms with Gasteiger partial charge in [0.25, 0.3) is 0 Å². The van der Waals surface area contributed by atoms with E-state index in [2.05, 4.69) is 16.0 Å². The summed E-state index contributed by atoms with van der Waals surface area (Å²) < 4.78 is 0. The van der Waals surface area contributed by atoms with E-state index < -0.39 is 6.04 Å². The summed E-state index contributed by atoms with van der Waals surface area (Å²) >= 11 is 5.88. The second-order valence-electron chi connectivity index (χ2n) is 6.69. The summed E-state index contributed by atoms with van der Waals surface area (Å²) in [4.78, 5) is 35.6. The maximum Gasteiger partial charge on any atom is 0.239 e. The second kappa shape index (κ2) is 10.2. The Labute approximate surface area is 159 Å². The molecule has 142 valence electrons. The molecule has 26 heavy (non-hydrogen) atoms. The third kappa shape index (κ3) is 7.04. The maximum absolute atomic E-state index is 12.2. The van der Waals surface area contributed by atoms with E-state index >= 15 is 0 Å². The number of nitrogens with one attached hydrogen (secondary N) is 3. The summed E-state index contributed by atoms with van der Waals surface area (Å²) in [7, 11) is 0. The summed E-state index contributed by atoms with van der Waals surface area (Å²) in [6.07, 6.45) is 5.55. The minimum atomic E-state index is -0.467. The molecule has 0 aliphatic heterocycles. The van der Waals surface area contributed by atoms with E-state index in [1.807, 2.05) is 0 Å². The first kappa shape index (κ1) is 20.2. The van der Waals surface area contributed by atoms with Gasteiger partial charge in [0.1, 0.15) is 0 Å². The van der Waals surface area contributed by atoms with Crippen LogP contribution in [0, 0.1) is 0 Å². The van der Waals surface area contributed by atoms with Gasteiger partial charge in [-0.15, -0.1) is 0 Å². The van der Waals surface area contributed by atoms with E-state index in [-0.39, 0.29) is 36.7 Å². The molecule has 1 aromatic rings. The third-order valence-electron chi connectivity index (χ3n) is 4.46. The first-order valence-corrected chi connectivity index (χ1v) is 9.40. The summed E-state index contributed by atoms with van der Waals surface area (Å²) in [5.41, 5.74) is 0.784. The van der Waals surface area contributed by atoms with Crippen molar-refractivity contribution in [1.82, 2.24) is 16.0 Å². The third-order valence-corrected chi connectivity index (χ3v) is 4.71. The van der Waals surface area contributed by atoms with E-state index in [4.69, 9.17) is 11.6 Å². The first-order chi connectivity index (χ1) is 12.4. The average Bonchev–Trinajstić information content (AvgIpc) is 2.60. The molecular weight excluding hydrogens is 354 g/mol. The molecule has 1 aliphatic rings. The van der Waals surface area contributed by atoms with Crippen LogP contribution in [0.4, 0.5) is 0 Å². The van der Waals surface area contributed by atoms with Crippen LogP contribution >= 0.6 is 11.6 Å². The SMILES string of the molecule is CC(=O)NC(CC(=O)NCC(=O)NC1CCCCC1)c1ccc(Cl)cc1. The Morgan fingerprint density at radius 3 is 2.35 bits per heavy atom. The maximum atomic E-state index is 12.2. The van der Waals surface area contributed by atoms with E-state index in [9.17, 15) is 14.4 Å². The van der Waals surface area contributed by atoms with Crippen molar-refractivity contribution in [3.05, 3.63) is 34.9 Å². The Bertz CT molecular complexity index is 627. The fraction of sp³-hybridized carbons (Fsp3) is 0.526. The van der Waals surface area contributed by atoms with E-state index in [1.165, 1.54) is 13.3 Å². The van der Waals surface area contributed by atoms with Crippen molar-refractivity contribution < 1.29 is 14.4 Å². The summed E-state index contributed by atoms with van der Waals surface area (Å²) in [5, 5.41) is 8.93. The lowest BCUT2D eigenvalue weighted by molar-refractivity contribution is -0.127. The number of benzene rings is 1. The van der Waals surface area contributed by atoms with Crippen LogP contribution in [0.5, 0.6) is 0 Å². The monoisotopic (exact) mass is 379 g/mol. The molecule has 1 saturated carbocycles. The van der Waals surface area contributed by atoms with Gasteiger partial charge in [-0.05, 0) is 30.5 Å². The lowest BCUT2D eigenvalue weighted by atomic mass is 9.95. The van der Waals surface area contributed by atoms with Crippen LogP contribution in [0.25, 0.3) is 0 Å². The molecule has 3 amide bonds. The molecule has 3 N–H and O–H groups in total. The number of hydrogen-bond donors (Lipinski definition) is 3. The van der Waals surface area contributed by atoms with E-state index in [0.717, 1.165) is 31.2 Å². The fourth-order valence-corrected chi connectivity index (χ4v) is 3.28. The molecule has 0 heterocycles. The lowest BCUT2D eigenvalue weighted by Gasteiger charge is -2.23. The van der Waals surface area contributed by atoms with Crippen LogP contribution in [0.3, 0.4) is 0 Å². The van der Waals surface area contributed by atoms with Crippen molar-refractivity contribution in [3.63, 3.8) is 0 Å². The second-order valence-corrected chi connectivity index (χ2v) is 7.12. The molecule has 1 aromatic carbocycles. The van der Waals surface area contributed by atoms with E-state index in [0.29, 0.717) is 5.02 Å². The quantitative estimate of drug-likeness (QED) is 0.680. The number of hydrogen-bond acceptors (Lipinski definition) is 3. The van der Waals surface area contributed by atoms with Crippen LogP contribution in [0.1, 0.15) is 57.1 Å². The molecule has 0 radical (unpaired) electrons. The number of rotatable bonds is 7. The van der Waals surface area contributed by atoms with Gasteiger partial charge in [-0.3, -0.25) is 14.4 Å². The molecule has 2 rings (SSSR count). The van der Waals surface area contributed by atoms with Gasteiger partial charge < -0.3 is 16.0 Å². The topological polar surface area (TPSA) is 87.3 Å². The normalized spacial score (nSPS) is 15.8. The van der Waals surface area contributed by atoms with Gasteiger partial charge in [0, 0.05) is 18.0 Å². The summed E-state index contributed by atoms with van der Waals surface area (Å²) in [5.74, 6) is -0.696. The minimum absolute atomic E-state index is 0.0528. The molecule has 0 aromatic heterocycles. The molecule has 1 aliphatic carbocycles. The van der Waals surface area contributed by atoms with Crippen LogP contribution in [0.15, 0.2) is 24.3 Å². The van der Waals surface area contributed by atoms with Crippen molar-refractivity contribution >= 4 is 29.3 Å². The van der Waals surface area contributed by atoms with Gasteiger partial charge in [0.2, 0.25) is 17.7 Å². The molecule has 0 spiro atoms. The highest BCUT2D eigenvalue weighted by molar-refractivity contribution is 6.30. The molecule has 6 nitrogen and oxygen atoms in total. The van der Waals surface area contributed by atoms with Crippen molar-refractivity contribution in [2.45, 2.75) is 57.5 Å². The number of carbonyl (C=O) groups excluding carboxylic acids is 3. The van der Waals surface area contributed by atoms with Crippen molar-refractivity contribution in [3.8, 4) is 0 Å². The number of halogens is 1. The zero-order valence-electron chi connectivity index (χ0n) is 15.0. The molecule has 7 heteroatoms. The smallest absolute Gasteiger partial charge is 0.239 e. The Kier molecular flexibility index (Phi) is 7.91. The van der Waals surface area contributed by atoms with Crippen molar-refractivity contribution in [2.24, 2.45) is 0 Å². The first-order valence-electron chi connectivity index (χ1n) is 9.02. The predicted molar refractivity (Wildman–Crippen MR) is 101 cm³/mol. The van der Waals surface area contributed by atoms with Gasteiger partial charge in [-0.1, -0.05) is 43.0 Å². The lowest BCUT2D eigenvalue weighted by Crippen LogP contribution is -2.43. The zero-order valence-corrected chi connectivity index (χ0v) is 15.8. The number of amides is 3. The summed E-state index contributed by atoms with van der Waals surface area (Å²) in [6.45, 7) is 1.35. The Hall–Kier alpha value is -2.08. The van der Waals surface area contributed by atoms with Gasteiger partial charge in [-0.25, -0.2) is 0 Å². The molecule has 0 saturated heterocycles. The van der Waals surface area contributed by atoms with Crippen LogP contribution in [0.2, 0.25) is 5.02 Å². The van der Waals surface area contributed by atoms with Gasteiger partial charge in [0.05, 0.1) is 19.0 Å². The van der Waals surface area contributed by atoms with Gasteiger partial charge in [-0.2, -0.15) is 0 Å². The molecular formula is C19H26ClN3O3. The Morgan fingerprint density at radius 2 is 1.73 bits per heavy atom. The minimum Gasteiger partial charge on any atom is -0.352 e. The summed E-state index contributed by atoms with van der Waals surface area (Å²) in [6, 6.07) is 6.71. The highest BCUT2D eigenvalue weighted by Crippen LogP contribution is 2.19. The molecule has 0 bridgehead atoms. The van der Waals surface area contributed by atoms with Gasteiger partial charge >= 0.3 is 0 Å². The highest BCUT2D eigenvalue weighted by Gasteiger charge is 2.19. The van der Waals surface area contributed by atoms with Crippen molar-refractivity contribution in [2.75, 3.05) is 6.54 Å². The Balaban J connectivity index is 1.83. The molecule has 1 unspecified atom stereocenters. The van der Waals surface area contributed by atoms with Crippen LogP contribution < -0.4 is 16.0 Å². The largest absolute Gasteiger partial charge is 0.352 e. The standard InChI is InChI=1S/C19H26ClN3O3/c1-13(24)22-17(14-7-9-15(20)10-8-14)11-18(25)21-12-19(26)23-16-5-3-2-4-6-16/h7-10,16-17H,2-6,11-12H2,1H3,(H,21,25)(H,22,24)(H,23,26). The predicted octanol–water partition coefficient (Wildman–Crippen LogP) is 2.47. The van der Waals surface area contributed by atoms with Crippen molar-refractivity contribution in [1.29, 1.82) is 0 Å². The van der Waals surface area contributed by atoms with E-state index in [1.54, 1.807) is 24.3 Å².